The zero-order valence-electron chi connectivity index (χ0n) is 11.8. The van der Waals surface area contributed by atoms with Gasteiger partial charge in [0.15, 0.2) is 0 Å². The molecule has 0 aromatic heterocycles. The first-order valence-electron chi connectivity index (χ1n) is 7.13. The summed E-state index contributed by atoms with van der Waals surface area (Å²) in [5, 5.41) is 3.67. The average Bonchev–Trinajstić information content (AvgIpc) is 2.82. The van der Waals surface area contributed by atoms with Gasteiger partial charge in [-0.05, 0) is 42.5 Å². The number of rotatable bonds is 5. The van der Waals surface area contributed by atoms with E-state index in [0.29, 0.717) is 6.04 Å². The molecule has 1 N–H and O–H groups in total. The maximum atomic E-state index is 5.24. The Morgan fingerprint density at radius 2 is 2.00 bits per heavy atom. The molecular formula is C16H25NO. The van der Waals surface area contributed by atoms with Gasteiger partial charge >= 0.3 is 0 Å². The van der Waals surface area contributed by atoms with Gasteiger partial charge < -0.3 is 10.1 Å². The maximum absolute atomic E-state index is 5.24. The van der Waals surface area contributed by atoms with Crippen LogP contribution in [0.5, 0.6) is 5.75 Å². The van der Waals surface area contributed by atoms with E-state index in [0.717, 1.165) is 24.1 Å². The third kappa shape index (κ3) is 2.86. The van der Waals surface area contributed by atoms with E-state index >= 15 is 0 Å². The molecule has 2 heteroatoms. The van der Waals surface area contributed by atoms with Crippen LogP contribution in [0.3, 0.4) is 0 Å². The van der Waals surface area contributed by atoms with E-state index in [2.05, 4.69) is 43.4 Å². The lowest BCUT2D eigenvalue weighted by Crippen LogP contribution is -2.29. The van der Waals surface area contributed by atoms with Gasteiger partial charge in [-0.3, -0.25) is 0 Å². The standard InChI is InChI=1S/C16H25NO/c1-4-17-16(15-7-5-6-12(15)2)13-8-10-14(18-3)11-9-13/h8-12,15-17H,4-7H2,1-3H3. The van der Waals surface area contributed by atoms with Crippen LogP contribution >= 0.6 is 0 Å². The van der Waals surface area contributed by atoms with Gasteiger partial charge in [-0.15, -0.1) is 0 Å². The highest BCUT2D eigenvalue weighted by Gasteiger charge is 2.31. The zero-order valence-corrected chi connectivity index (χ0v) is 11.8. The van der Waals surface area contributed by atoms with Gasteiger partial charge in [-0.25, -0.2) is 0 Å². The molecule has 1 aliphatic rings. The highest BCUT2D eigenvalue weighted by molar-refractivity contribution is 5.29. The first-order valence-corrected chi connectivity index (χ1v) is 7.13. The molecule has 3 atom stereocenters. The van der Waals surface area contributed by atoms with Crippen LogP contribution in [0.4, 0.5) is 0 Å². The number of benzene rings is 1. The Hall–Kier alpha value is -1.02. The van der Waals surface area contributed by atoms with Crippen LogP contribution in [0.1, 0.15) is 44.7 Å². The second kappa shape index (κ2) is 6.24. The van der Waals surface area contributed by atoms with Gasteiger partial charge in [0, 0.05) is 6.04 Å². The molecule has 0 radical (unpaired) electrons. The topological polar surface area (TPSA) is 21.3 Å². The summed E-state index contributed by atoms with van der Waals surface area (Å²) in [7, 11) is 1.72. The fourth-order valence-corrected chi connectivity index (χ4v) is 3.22. The summed E-state index contributed by atoms with van der Waals surface area (Å²) in [6, 6.07) is 9.05. The van der Waals surface area contributed by atoms with E-state index in [-0.39, 0.29) is 0 Å². The number of nitrogens with one attached hydrogen (secondary N) is 1. The van der Waals surface area contributed by atoms with E-state index in [1.807, 2.05) is 0 Å². The molecule has 2 rings (SSSR count). The summed E-state index contributed by atoms with van der Waals surface area (Å²) in [6.07, 6.45) is 4.11. The van der Waals surface area contributed by atoms with E-state index in [9.17, 15) is 0 Å². The minimum atomic E-state index is 0.499. The first kappa shape index (κ1) is 13.4. The highest BCUT2D eigenvalue weighted by Crippen LogP contribution is 2.40. The molecule has 0 spiro atoms. The molecule has 1 aromatic carbocycles. The average molecular weight is 247 g/mol. The predicted molar refractivity (Wildman–Crippen MR) is 75.9 cm³/mol. The second-order valence-corrected chi connectivity index (χ2v) is 5.38. The quantitative estimate of drug-likeness (QED) is 0.855. The van der Waals surface area contributed by atoms with Crippen LogP contribution in [0.15, 0.2) is 24.3 Å². The second-order valence-electron chi connectivity index (χ2n) is 5.38. The van der Waals surface area contributed by atoms with Crippen molar-refractivity contribution in [2.75, 3.05) is 13.7 Å². The number of ether oxygens (including phenoxy) is 1. The summed E-state index contributed by atoms with van der Waals surface area (Å²) < 4.78 is 5.24. The molecule has 100 valence electrons. The lowest BCUT2D eigenvalue weighted by molar-refractivity contribution is 0.305. The van der Waals surface area contributed by atoms with Crippen LogP contribution in [0, 0.1) is 11.8 Å². The minimum Gasteiger partial charge on any atom is -0.497 e. The molecule has 18 heavy (non-hydrogen) atoms. The van der Waals surface area contributed by atoms with Crippen LogP contribution in [-0.2, 0) is 0 Å². The van der Waals surface area contributed by atoms with E-state index < -0.39 is 0 Å². The fourth-order valence-electron chi connectivity index (χ4n) is 3.22. The van der Waals surface area contributed by atoms with Crippen molar-refractivity contribution < 1.29 is 4.74 Å². The van der Waals surface area contributed by atoms with Crippen LogP contribution in [-0.4, -0.2) is 13.7 Å². The van der Waals surface area contributed by atoms with Crippen molar-refractivity contribution in [1.82, 2.24) is 5.32 Å². The summed E-state index contributed by atoms with van der Waals surface area (Å²) in [4.78, 5) is 0. The number of hydrogen-bond donors (Lipinski definition) is 1. The van der Waals surface area contributed by atoms with Gasteiger partial charge in [-0.1, -0.05) is 38.8 Å². The molecule has 0 bridgehead atoms. The summed E-state index contributed by atoms with van der Waals surface area (Å²) >= 11 is 0. The first-order chi connectivity index (χ1) is 8.76. The molecule has 0 heterocycles. The van der Waals surface area contributed by atoms with Crippen molar-refractivity contribution in [2.45, 2.75) is 39.2 Å². The lowest BCUT2D eigenvalue weighted by atomic mass is 9.86. The Balaban J connectivity index is 2.17. The van der Waals surface area contributed by atoms with Crippen molar-refractivity contribution in [1.29, 1.82) is 0 Å². The molecule has 1 aliphatic carbocycles. The normalized spacial score (nSPS) is 25.1. The van der Waals surface area contributed by atoms with Crippen molar-refractivity contribution >= 4 is 0 Å². The lowest BCUT2D eigenvalue weighted by Gasteiger charge is -2.28. The van der Waals surface area contributed by atoms with E-state index in [1.165, 1.54) is 24.8 Å². The Morgan fingerprint density at radius 1 is 1.28 bits per heavy atom. The third-order valence-corrected chi connectivity index (χ3v) is 4.25. The fraction of sp³-hybridized carbons (Fsp3) is 0.625. The monoisotopic (exact) mass is 247 g/mol. The Labute approximate surface area is 111 Å². The maximum Gasteiger partial charge on any atom is 0.118 e. The third-order valence-electron chi connectivity index (χ3n) is 4.25. The van der Waals surface area contributed by atoms with Gasteiger partial charge in [0.25, 0.3) is 0 Å². The molecule has 0 saturated heterocycles. The largest absolute Gasteiger partial charge is 0.497 e. The van der Waals surface area contributed by atoms with Crippen LogP contribution in [0.25, 0.3) is 0 Å². The van der Waals surface area contributed by atoms with E-state index in [4.69, 9.17) is 4.74 Å². The van der Waals surface area contributed by atoms with Gasteiger partial charge in [-0.2, -0.15) is 0 Å². The van der Waals surface area contributed by atoms with Crippen molar-refractivity contribution in [3.8, 4) is 5.75 Å². The molecule has 1 aromatic rings. The van der Waals surface area contributed by atoms with Crippen LogP contribution in [0.2, 0.25) is 0 Å². The Bertz CT molecular complexity index is 360. The Morgan fingerprint density at radius 3 is 2.50 bits per heavy atom. The number of hydrogen-bond acceptors (Lipinski definition) is 2. The van der Waals surface area contributed by atoms with Gasteiger partial charge in [0.2, 0.25) is 0 Å². The van der Waals surface area contributed by atoms with Crippen LogP contribution < -0.4 is 10.1 Å². The van der Waals surface area contributed by atoms with Gasteiger partial charge in [0.05, 0.1) is 7.11 Å². The number of methoxy groups -OCH3 is 1. The molecular weight excluding hydrogens is 222 g/mol. The predicted octanol–water partition coefficient (Wildman–Crippen LogP) is 3.78. The van der Waals surface area contributed by atoms with Crippen molar-refractivity contribution in [3.63, 3.8) is 0 Å². The molecule has 1 saturated carbocycles. The molecule has 2 nitrogen and oxygen atoms in total. The minimum absolute atomic E-state index is 0.499. The van der Waals surface area contributed by atoms with Crippen molar-refractivity contribution in [2.24, 2.45) is 11.8 Å². The summed E-state index contributed by atoms with van der Waals surface area (Å²) in [5.41, 5.74) is 1.40. The SMILES string of the molecule is CCNC(c1ccc(OC)cc1)C1CCCC1C. The van der Waals surface area contributed by atoms with Gasteiger partial charge in [0.1, 0.15) is 5.75 Å². The Kier molecular flexibility index (Phi) is 4.65. The highest BCUT2D eigenvalue weighted by atomic mass is 16.5. The molecule has 0 aliphatic heterocycles. The summed E-state index contributed by atoms with van der Waals surface area (Å²) in [5.74, 6) is 2.54. The zero-order chi connectivity index (χ0) is 13.0. The smallest absolute Gasteiger partial charge is 0.118 e. The molecule has 0 amide bonds. The summed E-state index contributed by atoms with van der Waals surface area (Å²) in [6.45, 7) is 5.61. The van der Waals surface area contributed by atoms with Crippen molar-refractivity contribution in [3.05, 3.63) is 29.8 Å². The van der Waals surface area contributed by atoms with E-state index in [1.54, 1.807) is 7.11 Å². The molecule has 3 unspecified atom stereocenters. The molecule has 1 fully saturated rings.